The quantitative estimate of drug-likeness (QED) is 0.911. The Bertz CT molecular complexity index is 634. The van der Waals surface area contributed by atoms with Gasteiger partial charge in [0.2, 0.25) is 0 Å². The molecule has 0 amide bonds. The number of aryl methyl sites for hydroxylation is 1. The molecule has 0 bridgehead atoms. The number of hydrogen-bond acceptors (Lipinski definition) is 4. The third-order valence-corrected chi connectivity index (χ3v) is 4.22. The summed E-state index contributed by atoms with van der Waals surface area (Å²) in [6.45, 7) is 6.26. The Labute approximate surface area is 125 Å². The van der Waals surface area contributed by atoms with Crippen LogP contribution in [-0.2, 0) is 0 Å². The maximum atomic E-state index is 10.2. The van der Waals surface area contributed by atoms with Crippen molar-refractivity contribution in [3.63, 3.8) is 0 Å². The number of nitrogens with one attached hydrogen (secondary N) is 1. The first kappa shape index (κ1) is 14.3. The minimum atomic E-state index is -0.277. The van der Waals surface area contributed by atoms with Crippen molar-refractivity contribution >= 4 is 11.5 Å². The summed E-state index contributed by atoms with van der Waals surface area (Å²) in [5, 5.41) is 18.2. The minimum absolute atomic E-state index is 0.105. The van der Waals surface area contributed by atoms with Crippen LogP contribution in [0.4, 0.5) is 5.82 Å². The van der Waals surface area contributed by atoms with Crippen LogP contribution < -0.4 is 5.32 Å². The highest BCUT2D eigenvalue weighted by Gasteiger charge is 2.24. The number of aromatic nitrogens is 3. The molecule has 0 aromatic carbocycles. The largest absolute Gasteiger partial charge is 0.391 e. The van der Waals surface area contributed by atoms with Gasteiger partial charge in [-0.05, 0) is 25.7 Å². The van der Waals surface area contributed by atoms with Gasteiger partial charge in [-0.3, -0.25) is 0 Å². The molecule has 2 aromatic rings. The molecule has 0 aliphatic heterocycles. The molecule has 3 rings (SSSR count). The van der Waals surface area contributed by atoms with Gasteiger partial charge in [-0.25, -0.2) is 4.98 Å². The predicted molar refractivity (Wildman–Crippen MR) is 83.7 cm³/mol. The van der Waals surface area contributed by atoms with Gasteiger partial charge in [0, 0.05) is 17.8 Å². The fourth-order valence-electron chi connectivity index (χ4n) is 2.98. The zero-order valence-electron chi connectivity index (χ0n) is 13.0. The second-order valence-electron chi connectivity index (χ2n) is 6.38. The van der Waals surface area contributed by atoms with Crippen molar-refractivity contribution in [3.05, 3.63) is 23.5 Å². The second-order valence-corrected chi connectivity index (χ2v) is 6.38. The van der Waals surface area contributed by atoms with E-state index in [1.807, 2.05) is 17.5 Å². The van der Waals surface area contributed by atoms with Crippen molar-refractivity contribution in [3.8, 4) is 0 Å². The highest BCUT2D eigenvalue weighted by atomic mass is 16.3. The first-order valence-electron chi connectivity index (χ1n) is 7.86. The second kappa shape index (κ2) is 5.64. The van der Waals surface area contributed by atoms with Gasteiger partial charge in [0.1, 0.15) is 5.82 Å². The van der Waals surface area contributed by atoms with E-state index in [0.29, 0.717) is 5.92 Å². The Balaban J connectivity index is 1.99. The average Bonchev–Trinajstić information content (AvgIpc) is 2.81. The summed E-state index contributed by atoms with van der Waals surface area (Å²) in [6.07, 6.45) is 3.88. The molecular weight excluding hydrogens is 264 g/mol. The van der Waals surface area contributed by atoms with Crippen molar-refractivity contribution in [2.45, 2.75) is 64.5 Å². The zero-order chi connectivity index (χ0) is 15.0. The fraction of sp³-hybridized carbons (Fsp3) is 0.625. The summed E-state index contributed by atoms with van der Waals surface area (Å²) in [4.78, 5) is 4.67. The molecule has 0 saturated heterocycles. The Morgan fingerprint density at radius 1 is 1.29 bits per heavy atom. The molecule has 5 nitrogen and oxygen atoms in total. The molecule has 0 spiro atoms. The molecule has 1 aliphatic carbocycles. The van der Waals surface area contributed by atoms with Gasteiger partial charge in [0.15, 0.2) is 5.65 Å². The Hall–Kier alpha value is -1.62. The lowest BCUT2D eigenvalue weighted by Gasteiger charge is -2.29. The lowest BCUT2D eigenvalue weighted by atomic mass is 9.92. The van der Waals surface area contributed by atoms with Crippen molar-refractivity contribution in [1.29, 1.82) is 0 Å². The van der Waals surface area contributed by atoms with Crippen molar-refractivity contribution in [1.82, 2.24) is 14.6 Å². The molecule has 21 heavy (non-hydrogen) atoms. The van der Waals surface area contributed by atoms with Gasteiger partial charge >= 0.3 is 0 Å². The van der Waals surface area contributed by atoms with Gasteiger partial charge in [0.05, 0.1) is 17.8 Å². The summed E-state index contributed by atoms with van der Waals surface area (Å²) >= 11 is 0. The third-order valence-electron chi connectivity index (χ3n) is 4.22. The van der Waals surface area contributed by atoms with Crippen molar-refractivity contribution < 1.29 is 5.11 Å². The van der Waals surface area contributed by atoms with Crippen LogP contribution in [0.15, 0.2) is 12.1 Å². The number of fused-ring (bicyclic) bond motifs is 1. The maximum absolute atomic E-state index is 10.2. The Morgan fingerprint density at radius 2 is 2.05 bits per heavy atom. The highest BCUT2D eigenvalue weighted by molar-refractivity contribution is 5.51. The summed E-state index contributed by atoms with van der Waals surface area (Å²) < 4.78 is 1.85. The highest BCUT2D eigenvalue weighted by Crippen LogP contribution is 2.25. The van der Waals surface area contributed by atoms with E-state index in [1.165, 1.54) is 0 Å². The molecule has 2 atom stereocenters. The molecular formula is C16H24N4O. The van der Waals surface area contributed by atoms with Gasteiger partial charge in [0.25, 0.3) is 0 Å². The standard InChI is InChI=1S/C16H24N4O/c1-10(2)13-9-16(17-12-6-4-5-7-14(12)21)20-15(18-13)8-11(3)19-20/h8-10,12,14,17,21H,4-7H2,1-3H3/t12-,14-/m0/s1. The van der Waals surface area contributed by atoms with E-state index in [-0.39, 0.29) is 12.1 Å². The molecule has 114 valence electrons. The molecule has 1 fully saturated rings. The molecule has 2 aromatic heterocycles. The van der Waals surface area contributed by atoms with Crippen LogP contribution in [-0.4, -0.2) is 31.9 Å². The lowest BCUT2D eigenvalue weighted by molar-refractivity contribution is 0.116. The van der Waals surface area contributed by atoms with Crippen LogP contribution in [0.25, 0.3) is 5.65 Å². The number of anilines is 1. The summed E-state index contributed by atoms with van der Waals surface area (Å²) in [5.74, 6) is 1.30. The summed E-state index contributed by atoms with van der Waals surface area (Å²) in [7, 11) is 0. The molecule has 2 N–H and O–H groups in total. The molecule has 0 radical (unpaired) electrons. The van der Waals surface area contributed by atoms with Gasteiger partial charge in [-0.2, -0.15) is 9.61 Å². The van der Waals surface area contributed by atoms with Crippen LogP contribution in [0.1, 0.15) is 56.8 Å². The number of aliphatic hydroxyl groups excluding tert-OH is 1. The van der Waals surface area contributed by atoms with E-state index in [2.05, 4.69) is 35.3 Å². The first-order valence-corrected chi connectivity index (χ1v) is 7.86. The monoisotopic (exact) mass is 288 g/mol. The smallest absolute Gasteiger partial charge is 0.157 e. The number of hydrogen-bond donors (Lipinski definition) is 2. The summed E-state index contributed by atoms with van der Waals surface area (Å²) in [6, 6.07) is 4.16. The van der Waals surface area contributed by atoms with Gasteiger partial charge in [-0.15, -0.1) is 0 Å². The van der Waals surface area contributed by atoms with E-state index in [9.17, 15) is 5.11 Å². The first-order chi connectivity index (χ1) is 10.0. The Kier molecular flexibility index (Phi) is 3.85. The minimum Gasteiger partial charge on any atom is -0.391 e. The Morgan fingerprint density at radius 3 is 2.76 bits per heavy atom. The number of rotatable bonds is 3. The summed E-state index contributed by atoms with van der Waals surface area (Å²) in [5.41, 5.74) is 2.87. The fourth-order valence-corrected chi connectivity index (χ4v) is 2.98. The van der Waals surface area contributed by atoms with Gasteiger partial charge in [-0.1, -0.05) is 26.7 Å². The van der Waals surface area contributed by atoms with E-state index < -0.39 is 0 Å². The van der Waals surface area contributed by atoms with E-state index in [1.54, 1.807) is 0 Å². The molecule has 0 unspecified atom stereocenters. The van der Waals surface area contributed by atoms with E-state index in [0.717, 1.165) is 48.5 Å². The molecule has 2 heterocycles. The zero-order valence-corrected chi connectivity index (χ0v) is 13.0. The maximum Gasteiger partial charge on any atom is 0.157 e. The van der Waals surface area contributed by atoms with Crippen molar-refractivity contribution in [2.75, 3.05) is 5.32 Å². The lowest BCUT2D eigenvalue weighted by Crippen LogP contribution is -2.37. The van der Waals surface area contributed by atoms with E-state index >= 15 is 0 Å². The van der Waals surface area contributed by atoms with Crippen LogP contribution in [0, 0.1) is 6.92 Å². The number of nitrogens with zero attached hydrogens (tertiary/aromatic N) is 3. The third kappa shape index (κ3) is 2.88. The van der Waals surface area contributed by atoms with Crippen LogP contribution in [0.2, 0.25) is 0 Å². The van der Waals surface area contributed by atoms with E-state index in [4.69, 9.17) is 0 Å². The molecule has 1 aliphatic rings. The van der Waals surface area contributed by atoms with Crippen molar-refractivity contribution in [2.24, 2.45) is 0 Å². The van der Waals surface area contributed by atoms with Crippen LogP contribution in [0.5, 0.6) is 0 Å². The van der Waals surface area contributed by atoms with Crippen LogP contribution in [0.3, 0.4) is 0 Å². The van der Waals surface area contributed by atoms with Gasteiger partial charge < -0.3 is 10.4 Å². The topological polar surface area (TPSA) is 62.5 Å². The van der Waals surface area contributed by atoms with Crippen LogP contribution >= 0.6 is 0 Å². The molecule has 5 heteroatoms. The predicted octanol–water partition coefficient (Wildman–Crippen LogP) is 2.88. The average molecular weight is 288 g/mol. The SMILES string of the molecule is Cc1cc2nc(C(C)C)cc(N[C@H]3CCCC[C@@H]3O)n2n1. The normalized spacial score (nSPS) is 22.9. The number of aliphatic hydroxyl groups is 1. The molecule has 1 saturated carbocycles.